The van der Waals surface area contributed by atoms with Gasteiger partial charge in [-0.15, -0.1) is 0 Å². The molecule has 0 aliphatic rings. The highest BCUT2D eigenvalue weighted by Gasteiger charge is 2.11. The highest BCUT2D eigenvalue weighted by Crippen LogP contribution is 2.19. The van der Waals surface area contributed by atoms with Crippen molar-refractivity contribution in [2.45, 2.75) is 13.5 Å². The maximum absolute atomic E-state index is 11.8. The number of aliphatic hydroxyl groups is 1. The monoisotopic (exact) mass is 359 g/mol. The van der Waals surface area contributed by atoms with Gasteiger partial charge < -0.3 is 15.2 Å². The molecule has 3 aromatic rings. The first-order valence-electron chi connectivity index (χ1n) is 8.78. The largest absolute Gasteiger partial charge is 0.488 e. The quantitative estimate of drug-likeness (QED) is 0.668. The van der Waals surface area contributed by atoms with E-state index in [1.165, 1.54) is 0 Å². The van der Waals surface area contributed by atoms with E-state index in [1.807, 2.05) is 42.5 Å². The van der Waals surface area contributed by atoms with Crippen molar-refractivity contribution in [3.05, 3.63) is 84.4 Å². The Morgan fingerprint density at radius 2 is 1.78 bits per heavy atom. The van der Waals surface area contributed by atoms with Gasteiger partial charge in [-0.25, -0.2) is 0 Å². The molecule has 1 amide bonds. The molecule has 0 aliphatic heterocycles. The number of carbonyl (C=O) groups is 1. The third-order valence-corrected chi connectivity index (χ3v) is 4.13. The van der Waals surface area contributed by atoms with E-state index < -0.39 is 5.92 Å². The molecule has 0 heterocycles. The van der Waals surface area contributed by atoms with Crippen molar-refractivity contribution in [3.63, 3.8) is 0 Å². The Bertz CT molecular complexity index is 858. The lowest BCUT2D eigenvalue weighted by Crippen LogP contribution is -2.22. The van der Waals surface area contributed by atoms with Crippen molar-refractivity contribution in [1.82, 2.24) is 0 Å². The maximum Gasteiger partial charge on any atom is 0.229 e. The number of ether oxygens (including phenoxy) is 1. The highest BCUT2D eigenvalue weighted by atomic mass is 16.5. The number of nitrogens with one attached hydrogen (secondary N) is 1. The van der Waals surface area contributed by atoms with Gasteiger partial charge in [-0.2, -0.15) is 0 Å². The molecule has 0 spiro atoms. The van der Waals surface area contributed by atoms with E-state index >= 15 is 0 Å². The van der Waals surface area contributed by atoms with Crippen molar-refractivity contribution in [1.29, 1.82) is 0 Å². The maximum atomic E-state index is 11.8. The van der Waals surface area contributed by atoms with E-state index in [9.17, 15) is 4.79 Å². The Kier molecular flexibility index (Phi) is 6.09. The van der Waals surface area contributed by atoms with Crippen LogP contribution in [-0.2, 0) is 11.4 Å². The number of benzene rings is 2. The first-order chi connectivity index (χ1) is 13.2. The zero-order chi connectivity index (χ0) is 19.1. The number of hydrogen-bond donors (Lipinski definition) is 2. The van der Waals surface area contributed by atoms with E-state index in [0.717, 1.165) is 16.7 Å². The summed E-state index contributed by atoms with van der Waals surface area (Å²) in [4.78, 5) is 11.8. The van der Waals surface area contributed by atoms with Gasteiger partial charge in [-0.05, 0) is 42.0 Å². The van der Waals surface area contributed by atoms with E-state index in [2.05, 4.69) is 17.4 Å². The fourth-order valence-electron chi connectivity index (χ4n) is 2.43. The minimum absolute atomic E-state index is 0.177. The molecule has 0 saturated carbocycles. The van der Waals surface area contributed by atoms with Crippen LogP contribution < -0.4 is 10.1 Å². The number of anilines is 1. The van der Waals surface area contributed by atoms with Crippen LogP contribution in [0.5, 0.6) is 5.75 Å². The molecule has 2 N–H and O–H groups in total. The first kappa shape index (κ1) is 18.5. The molecule has 3 rings (SSSR count). The molecule has 0 saturated heterocycles. The predicted molar refractivity (Wildman–Crippen MR) is 105 cm³/mol. The van der Waals surface area contributed by atoms with Crippen LogP contribution in [0.2, 0.25) is 0 Å². The van der Waals surface area contributed by atoms with Gasteiger partial charge in [-0.3, -0.25) is 4.79 Å². The summed E-state index contributed by atoms with van der Waals surface area (Å²) in [6.07, 6.45) is 0. The molecular weight excluding hydrogens is 338 g/mol. The van der Waals surface area contributed by atoms with Crippen LogP contribution in [-0.4, -0.2) is 17.6 Å². The molecule has 0 fully saturated rings. The Morgan fingerprint density at radius 1 is 1.04 bits per heavy atom. The van der Waals surface area contributed by atoms with Crippen LogP contribution in [0.1, 0.15) is 12.5 Å². The van der Waals surface area contributed by atoms with Crippen molar-refractivity contribution >= 4 is 11.6 Å². The molecule has 0 aromatic heterocycles. The topological polar surface area (TPSA) is 58.6 Å². The van der Waals surface area contributed by atoms with Crippen LogP contribution in [0, 0.1) is 18.1 Å². The molecule has 0 radical (unpaired) electrons. The molecule has 3 aromatic carbocycles. The number of hydrogen-bond acceptors (Lipinski definition) is 3. The summed E-state index contributed by atoms with van der Waals surface area (Å²) in [6.45, 7) is 1.88. The SMILES string of the molecule is C[C@H](CO)C(=O)Nc1ccc(OCc2c#cc(-c3ccccc3)cc2)cc1. The van der Waals surface area contributed by atoms with Crippen LogP contribution in [0.4, 0.5) is 5.69 Å². The van der Waals surface area contributed by atoms with Crippen LogP contribution in [0.25, 0.3) is 11.1 Å². The van der Waals surface area contributed by atoms with E-state index in [1.54, 1.807) is 31.2 Å². The molecule has 136 valence electrons. The third-order valence-electron chi connectivity index (χ3n) is 4.13. The first-order valence-corrected chi connectivity index (χ1v) is 8.78. The molecular formula is C23H21NO3. The molecule has 4 heteroatoms. The summed E-state index contributed by atoms with van der Waals surface area (Å²) >= 11 is 0. The van der Waals surface area contributed by atoms with Gasteiger partial charge in [-0.1, -0.05) is 49.4 Å². The second kappa shape index (κ2) is 8.88. The minimum atomic E-state index is -0.438. The van der Waals surface area contributed by atoms with Gasteiger partial charge >= 0.3 is 0 Å². The van der Waals surface area contributed by atoms with Gasteiger partial charge in [0.1, 0.15) is 12.4 Å². The summed E-state index contributed by atoms with van der Waals surface area (Å²) in [7, 11) is 0. The van der Waals surface area contributed by atoms with E-state index in [-0.39, 0.29) is 12.5 Å². The van der Waals surface area contributed by atoms with Crippen LogP contribution >= 0.6 is 0 Å². The second-order valence-corrected chi connectivity index (χ2v) is 6.27. The normalized spacial score (nSPS) is 11.3. The Labute approximate surface area is 159 Å². The van der Waals surface area contributed by atoms with E-state index in [0.29, 0.717) is 18.0 Å². The zero-order valence-corrected chi connectivity index (χ0v) is 15.1. The number of carbonyl (C=O) groups excluding carboxylic acids is 1. The lowest BCUT2D eigenvalue weighted by molar-refractivity contribution is -0.120. The summed E-state index contributed by atoms with van der Waals surface area (Å²) in [5.74, 6) is 0.0464. The van der Waals surface area contributed by atoms with Gasteiger partial charge in [0.2, 0.25) is 5.91 Å². The smallest absolute Gasteiger partial charge is 0.229 e. The van der Waals surface area contributed by atoms with Gasteiger partial charge in [0.05, 0.1) is 12.5 Å². The standard InChI is InChI=1S/C23H21NO3/c1-17(15-25)23(26)24-21-11-13-22(14-12-21)27-16-18-7-9-20(10-8-18)19-5-3-2-4-6-19/h2-7,9,11-14,17,25H,15-16H2,1H3,(H,24,26)/t17-/m1/s1. The fourth-order valence-corrected chi connectivity index (χ4v) is 2.43. The summed E-state index contributed by atoms with van der Waals surface area (Å²) < 4.78 is 5.76. The summed E-state index contributed by atoms with van der Waals surface area (Å²) in [6, 6.07) is 27.5. The lowest BCUT2D eigenvalue weighted by atomic mass is 10.1. The molecule has 27 heavy (non-hydrogen) atoms. The number of amides is 1. The van der Waals surface area contributed by atoms with Crippen molar-refractivity contribution in [2.24, 2.45) is 5.92 Å². The number of aliphatic hydroxyl groups excluding tert-OH is 1. The fraction of sp³-hybridized carbons (Fsp3) is 0.174. The molecule has 1 atom stereocenters. The minimum Gasteiger partial charge on any atom is -0.488 e. The zero-order valence-electron chi connectivity index (χ0n) is 15.1. The second-order valence-electron chi connectivity index (χ2n) is 6.27. The van der Waals surface area contributed by atoms with Gasteiger partial charge in [0.15, 0.2) is 0 Å². The molecule has 4 nitrogen and oxygen atoms in total. The summed E-state index contributed by atoms with van der Waals surface area (Å²) in [5, 5.41) is 11.8. The summed E-state index contributed by atoms with van der Waals surface area (Å²) in [5.41, 5.74) is 3.68. The predicted octanol–water partition coefficient (Wildman–Crippen LogP) is 4.10. The molecule has 0 bridgehead atoms. The van der Waals surface area contributed by atoms with Crippen LogP contribution in [0.15, 0.2) is 66.7 Å². The number of rotatable bonds is 7. The average Bonchev–Trinajstić information content (AvgIpc) is 2.73. The highest BCUT2D eigenvalue weighted by molar-refractivity contribution is 5.92. The van der Waals surface area contributed by atoms with Crippen molar-refractivity contribution in [3.8, 4) is 16.9 Å². The van der Waals surface area contributed by atoms with Crippen LogP contribution in [0.3, 0.4) is 0 Å². The van der Waals surface area contributed by atoms with E-state index in [4.69, 9.17) is 9.84 Å². The van der Waals surface area contributed by atoms with Crippen molar-refractivity contribution < 1.29 is 14.6 Å². The molecule has 0 unspecified atom stereocenters. The Balaban J connectivity index is 1.55. The lowest BCUT2D eigenvalue weighted by Gasteiger charge is -2.10. The van der Waals surface area contributed by atoms with Crippen molar-refractivity contribution in [2.75, 3.05) is 11.9 Å². The third kappa shape index (κ3) is 5.10. The average molecular weight is 359 g/mol. The Hall–Kier alpha value is -3.29. The Morgan fingerprint density at radius 3 is 2.41 bits per heavy atom. The molecule has 0 aliphatic carbocycles. The van der Waals surface area contributed by atoms with Gasteiger partial charge in [0.25, 0.3) is 0 Å². The van der Waals surface area contributed by atoms with Gasteiger partial charge in [0, 0.05) is 16.8 Å².